The predicted octanol–water partition coefficient (Wildman–Crippen LogP) is 3.74. The standard InChI is InChI=1S/C29H36FN3O4/c1-35-14-12-31-18-29(19-31)9-11-32(20-29)27-7-4-22(16-26(27)30)33-10-8-21-15-23(5-6-25(21)28(33)34)37-17-24-3-2-13-36-24/h4-7,15-16,24H,2-3,8-14,17-20H2,1H3. The largest absolute Gasteiger partial charge is 0.491 e. The summed E-state index contributed by atoms with van der Waals surface area (Å²) in [5, 5.41) is 0. The van der Waals surface area contributed by atoms with Crippen LogP contribution in [0.1, 0.15) is 35.2 Å². The molecule has 198 valence electrons. The Balaban J connectivity index is 1.09. The van der Waals surface area contributed by atoms with Gasteiger partial charge in [0.15, 0.2) is 0 Å². The van der Waals surface area contributed by atoms with Gasteiger partial charge in [0.25, 0.3) is 5.91 Å². The van der Waals surface area contributed by atoms with Gasteiger partial charge in [0.05, 0.1) is 18.4 Å². The molecule has 1 spiro atoms. The highest BCUT2D eigenvalue weighted by atomic mass is 19.1. The molecule has 2 aromatic rings. The lowest BCUT2D eigenvalue weighted by molar-refractivity contribution is 0.00145. The van der Waals surface area contributed by atoms with Gasteiger partial charge in [0.1, 0.15) is 18.2 Å². The van der Waals surface area contributed by atoms with Gasteiger partial charge >= 0.3 is 0 Å². The number of halogens is 1. The number of hydrogen-bond acceptors (Lipinski definition) is 6. The molecule has 2 aromatic carbocycles. The van der Waals surface area contributed by atoms with E-state index in [0.717, 1.165) is 76.5 Å². The monoisotopic (exact) mass is 509 g/mol. The number of nitrogens with zero attached hydrogens (tertiary/aromatic N) is 3. The lowest BCUT2D eigenvalue weighted by atomic mass is 9.79. The molecule has 4 aliphatic heterocycles. The highest BCUT2D eigenvalue weighted by molar-refractivity contribution is 6.08. The van der Waals surface area contributed by atoms with Crippen LogP contribution in [0.15, 0.2) is 36.4 Å². The average Bonchev–Trinajstić information content (AvgIpc) is 3.56. The fraction of sp³-hybridized carbons (Fsp3) is 0.552. The van der Waals surface area contributed by atoms with E-state index in [-0.39, 0.29) is 23.2 Å². The number of likely N-dealkylation sites (tertiary alicyclic amines) is 1. The lowest BCUT2D eigenvalue weighted by Crippen LogP contribution is -2.58. The fourth-order valence-corrected chi connectivity index (χ4v) is 6.37. The molecule has 0 saturated carbocycles. The van der Waals surface area contributed by atoms with Crippen LogP contribution in [-0.4, -0.2) is 83.1 Å². The third-order valence-corrected chi connectivity index (χ3v) is 8.37. The number of ether oxygens (including phenoxy) is 3. The summed E-state index contributed by atoms with van der Waals surface area (Å²) in [6, 6.07) is 10.9. The van der Waals surface area contributed by atoms with Crippen molar-refractivity contribution >= 4 is 17.3 Å². The molecule has 1 atom stereocenters. The molecule has 1 amide bonds. The van der Waals surface area contributed by atoms with E-state index in [1.807, 2.05) is 30.3 Å². The molecule has 0 bridgehead atoms. The topological polar surface area (TPSA) is 54.5 Å². The second-order valence-corrected chi connectivity index (χ2v) is 11.0. The van der Waals surface area contributed by atoms with Gasteiger partial charge in [-0.2, -0.15) is 0 Å². The maximum absolute atomic E-state index is 15.3. The van der Waals surface area contributed by atoms with Gasteiger partial charge in [-0.25, -0.2) is 4.39 Å². The quantitative estimate of drug-likeness (QED) is 0.541. The summed E-state index contributed by atoms with van der Waals surface area (Å²) in [5.41, 5.74) is 3.14. The van der Waals surface area contributed by atoms with Crippen molar-refractivity contribution in [2.45, 2.75) is 31.8 Å². The lowest BCUT2D eigenvalue weighted by Gasteiger charge is -2.48. The van der Waals surface area contributed by atoms with Crippen LogP contribution in [0.5, 0.6) is 5.75 Å². The molecular formula is C29H36FN3O4. The smallest absolute Gasteiger partial charge is 0.258 e. The van der Waals surface area contributed by atoms with Crippen molar-refractivity contribution in [3.8, 4) is 5.75 Å². The van der Waals surface area contributed by atoms with Crippen LogP contribution in [0.3, 0.4) is 0 Å². The number of anilines is 2. The van der Waals surface area contributed by atoms with Crippen molar-refractivity contribution in [1.29, 1.82) is 0 Å². The molecule has 8 heteroatoms. The highest BCUT2D eigenvalue weighted by Gasteiger charge is 2.47. The molecule has 4 heterocycles. The minimum Gasteiger partial charge on any atom is -0.491 e. The van der Waals surface area contributed by atoms with Gasteiger partial charge in [-0.15, -0.1) is 0 Å². The van der Waals surface area contributed by atoms with Crippen LogP contribution in [0.2, 0.25) is 0 Å². The number of carbonyl (C=O) groups excluding carboxylic acids is 1. The third kappa shape index (κ3) is 4.94. The molecule has 6 rings (SSSR count). The Morgan fingerprint density at radius 3 is 2.81 bits per heavy atom. The number of fused-ring (bicyclic) bond motifs is 1. The zero-order valence-electron chi connectivity index (χ0n) is 21.6. The maximum atomic E-state index is 15.3. The first-order valence-electron chi connectivity index (χ1n) is 13.5. The Morgan fingerprint density at radius 1 is 1.14 bits per heavy atom. The van der Waals surface area contributed by atoms with Crippen LogP contribution >= 0.6 is 0 Å². The number of amides is 1. The summed E-state index contributed by atoms with van der Waals surface area (Å²) in [6.07, 6.45) is 4.05. The Bertz CT molecular complexity index is 1150. The van der Waals surface area contributed by atoms with Crippen molar-refractivity contribution in [2.75, 3.05) is 76.0 Å². The van der Waals surface area contributed by atoms with Crippen molar-refractivity contribution < 1.29 is 23.4 Å². The van der Waals surface area contributed by atoms with E-state index < -0.39 is 0 Å². The molecule has 37 heavy (non-hydrogen) atoms. The third-order valence-electron chi connectivity index (χ3n) is 8.37. The van der Waals surface area contributed by atoms with Gasteiger partial charge in [0, 0.05) is 69.7 Å². The van der Waals surface area contributed by atoms with Crippen LogP contribution in [0.25, 0.3) is 0 Å². The zero-order valence-corrected chi connectivity index (χ0v) is 21.6. The summed E-state index contributed by atoms with van der Waals surface area (Å²) in [7, 11) is 1.73. The Kier molecular flexibility index (Phi) is 6.82. The molecule has 0 radical (unpaired) electrons. The molecule has 3 fully saturated rings. The van der Waals surface area contributed by atoms with Crippen LogP contribution in [-0.2, 0) is 15.9 Å². The summed E-state index contributed by atoms with van der Waals surface area (Å²) in [5.74, 6) is 0.411. The predicted molar refractivity (Wildman–Crippen MR) is 140 cm³/mol. The van der Waals surface area contributed by atoms with E-state index in [1.54, 1.807) is 12.0 Å². The van der Waals surface area contributed by atoms with Crippen molar-refractivity contribution in [2.24, 2.45) is 5.41 Å². The van der Waals surface area contributed by atoms with Gasteiger partial charge in [-0.1, -0.05) is 0 Å². The van der Waals surface area contributed by atoms with Crippen molar-refractivity contribution in [3.05, 3.63) is 53.3 Å². The maximum Gasteiger partial charge on any atom is 0.258 e. The molecule has 0 aliphatic carbocycles. The van der Waals surface area contributed by atoms with E-state index >= 15 is 4.39 Å². The van der Waals surface area contributed by atoms with Crippen molar-refractivity contribution in [1.82, 2.24) is 4.90 Å². The van der Waals surface area contributed by atoms with Gasteiger partial charge in [-0.3, -0.25) is 9.69 Å². The molecule has 0 N–H and O–H groups in total. The SMILES string of the molecule is COCCN1CC2(CCN(c3ccc(N4CCc5cc(OCC6CCCO6)ccc5C4=O)cc3F)C2)C1. The molecule has 0 aromatic heterocycles. The summed E-state index contributed by atoms with van der Waals surface area (Å²) in [6.45, 7) is 7.40. The zero-order chi connectivity index (χ0) is 25.4. The van der Waals surface area contributed by atoms with E-state index in [0.29, 0.717) is 36.5 Å². The summed E-state index contributed by atoms with van der Waals surface area (Å²) in [4.78, 5) is 19.6. The van der Waals surface area contributed by atoms with Crippen LogP contribution < -0.4 is 14.5 Å². The van der Waals surface area contributed by atoms with E-state index in [2.05, 4.69) is 9.80 Å². The fourth-order valence-electron chi connectivity index (χ4n) is 6.37. The summed E-state index contributed by atoms with van der Waals surface area (Å²) < 4.78 is 32.1. The van der Waals surface area contributed by atoms with Gasteiger partial charge in [-0.05, 0) is 67.6 Å². The number of rotatable bonds is 8. The Labute approximate surface area is 218 Å². The first-order chi connectivity index (χ1) is 18.0. The van der Waals surface area contributed by atoms with E-state index in [1.165, 1.54) is 6.07 Å². The van der Waals surface area contributed by atoms with E-state index in [9.17, 15) is 4.79 Å². The Hall–Kier alpha value is -2.68. The average molecular weight is 510 g/mol. The minimum atomic E-state index is -0.262. The summed E-state index contributed by atoms with van der Waals surface area (Å²) >= 11 is 0. The molecule has 3 saturated heterocycles. The van der Waals surface area contributed by atoms with Gasteiger partial charge < -0.3 is 24.0 Å². The Morgan fingerprint density at radius 2 is 2.03 bits per heavy atom. The normalized spacial score (nSPS) is 23.0. The second kappa shape index (κ2) is 10.2. The molecule has 4 aliphatic rings. The van der Waals surface area contributed by atoms with Crippen LogP contribution in [0, 0.1) is 11.2 Å². The number of carbonyl (C=O) groups is 1. The number of hydrogen-bond donors (Lipinski definition) is 0. The number of benzene rings is 2. The van der Waals surface area contributed by atoms with Crippen molar-refractivity contribution in [3.63, 3.8) is 0 Å². The molecule has 1 unspecified atom stereocenters. The molecule has 7 nitrogen and oxygen atoms in total. The van der Waals surface area contributed by atoms with Gasteiger partial charge in [0.2, 0.25) is 0 Å². The first-order valence-corrected chi connectivity index (χ1v) is 13.5. The second-order valence-electron chi connectivity index (χ2n) is 11.0. The minimum absolute atomic E-state index is 0.0928. The van der Waals surface area contributed by atoms with Crippen LogP contribution in [0.4, 0.5) is 15.8 Å². The highest BCUT2D eigenvalue weighted by Crippen LogP contribution is 2.42. The number of methoxy groups -OCH3 is 1. The molecular weight excluding hydrogens is 473 g/mol. The first kappa shape index (κ1) is 24.6. The van der Waals surface area contributed by atoms with E-state index in [4.69, 9.17) is 14.2 Å².